The lowest BCUT2D eigenvalue weighted by Crippen LogP contribution is -2.45. The maximum Gasteiger partial charge on any atom is 0.391 e. The van der Waals surface area contributed by atoms with Crippen LogP contribution in [-0.4, -0.2) is 52.3 Å². The number of benzene rings is 3. The quantitative estimate of drug-likeness (QED) is 0.216. The minimum Gasteiger partial charge on any atom is -0.364 e. The van der Waals surface area contributed by atoms with Crippen LogP contribution in [0, 0.1) is 12.8 Å². The number of aryl methyl sites for hydroxylation is 1. The summed E-state index contributed by atoms with van der Waals surface area (Å²) < 4.78 is 71.3. The van der Waals surface area contributed by atoms with E-state index in [0.717, 1.165) is 9.87 Å². The molecule has 246 valence electrons. The van der Waals surface area contributed by atoms with Crippen LogP contribution < -0.4 is 16.0 Å². The van der Waals surface area contributed by atoms with Gasteiger partial charge in [0.2, 0.25) is 10.0 Å². The zero-order valence-electron chi connectivity index (χ0n) is 25.1. The number of aromatic nitrogens is 2. The van der Waals surface area contributed by atoms with Crippen LogP contribution in [-0.2, 0) is 16.6 Å². The summed E-state index contributed by atoms with van der Waals surface area (Å²) in [6, 6.07) is 19.6. The fourth-order valence-corrected chi connectivity index (χ4v) is 7.45. The van der Waals surface area contributed by atoms with Crippen molar-refractivity contribution in [2.45, 2.75) is 43.4 Å². The van der Waals surface area contributed by atoms with Crippen molar-refractivity contribution in [3.05, 3.63) is 113 Å². The first-order valence-corrected chi connectivity index (χ1v) is 16.4. The Morgan fingerprint density at radius 2 is 1.72 bits per heavy atom. The van der Waals surface area contributed by atoms with Gasteiger partial charge < -0.3 is 10.7 Å². The zero-order chi connectivity index (χ0) is 33.9. The first kappa shape index (κ1) is 33.8. The van der Waals surface area contributed by atoms with Crippen molar-refractivity contribution in [3.8, 4) is 0 Å². The van der Waals surface area contributed by atoms with Crippen molar-refractivity contribution in [2.24, 2.45) is 11.7 Å². The number of nitrogens with one attached hydrogen (secondary N) is 2. The van der Waals surface area contributed by atoms with Gasteiger partial charge in [-0.2, -0.15) is 17.5 Å². The molecule has 4 aromatic rings. The van der Waals surface area contributed by atoms with Gasteiger partial charge in [-0.3, -0.25) is 19.8 Å². The van der Waals surface area contributed by atoms with Crippen LogP contribution >= 0.6 is 12.2 Å². The summed E-state index contributed by atoms with van der Waals surface area (Å²) in [5, 5.41) is 2.44. The fourth-order valence-electron chi connectivity index (χ4n) is 5.57. The predicted molar refractivity (Wildman–Crippen MR) is 173 cm³/mol. The van der Waals surface area contributed by atoms with Crippen molar-refractivity contribution < 1.29 is 31.2 Å². The van der Waals surface area contributed by atoms with E-state index in [1.807, 2.05) is 0 Å². The molecule has 0 radical (unpaired) electrons. The van der Waals surface area contributed by atoms with E-state index in [4.69, 9.17) is 18.0 Å². The number of nitrogens with two attached hydrogens (primary N) is 1. The smallest absolute Gasteiger partial charge is 0.364 e. The van der Waals surface area contributed by atoms with Crippen molar-refractivity contribution in [1.29, 1.82) is 0 Å². The summed E-state index contributed by atoms with van der Waals surface area (Å²) in [5.41, 5.74) is 7.25. The van der Waals surface area contributed by atoms with E-state index >= 15 is 0 Å². The number of amides is 2. The highest BCUT2D eigenvalue weighted by molar-refractivity contribution is 7.89. The summed E-state index contributed by atoms with van der Waals surface area (Å²) in [7, 11) is -4.22. The van der Waals surface area contributed by atoms with E-state index in [2.05, 4.69) is 15.3 Å². The molecule has 2 unspecified atom stereocenters. The highest BCUT2D eigenvalue weighted by Crippen LogP contribution is 2.45. The van der Waals surface area contributed by atoms with Gasteiger partial charge in [0.05, 0.1) is 29.7 Å². The molecule has 10 nitrogen and oxygen atoms in total. The predicted octanol–water partition coefficient (Wildman–Crippen LogP) is 5.24. The Morgan fingerprint density at radius 3 is 2.38 bits per heavy atom. The average molecular weight is 685 g/mol. The average Bonchev–Trinajstić information content (AvgIpc) is 3.54. The minimum atomic E-state index is -4.55. The maximum atomic E-state index is 14.1. The topological polar surface area (TPSA) is 141 Å². The molecule has 0 saturated carbocycles. The monoisotopic (exact) mass is 684 g/mol. The first-order chi connectivity index (χ1) is 22.3. The highest BCUT2D eigenvalue weighted by atomic mass is 32.2. The number of carbonyl (C=O) groups is 2. The molecule has 0 spiro atoms. The summed E-state index contributed by atoms with van der Waals surface area (Å²) in [5.74, 6) is -3.21. The van der Waals surface area contributed by atoms with Crippen molar-refractivity contribution in [3.63, 3.8) is 0 Å². The molecule has 47 heavy (non-hydrogen) atoms. The molecule has 2 amide bonds. The molecule has 1 saturated heterocycles. The number of carbonyl (C=O) groups excluding carboxylic acids is 2. The van der Waals surface area contributed by atoms with Gasteiger partial charge in [0.1, 0.15) is 5.69 Å². The molecule has 4 N–H and O–H groups in total. The van der Waals surface area contributed by atoms with E-state index in [-0.39, 0.29) is 34.6 Å². The summed E-state index contributed by atoms with van der Waals surface area (Å²) in [6.07, 6.45) is -4.26. The Bertz CT molecular complexity index is 1880. The lowest BCUT2D eigenvalue weighted by molar-refractivity contribution is -0.187. The molecule has 0 aliphatic carbocycles. The Hall–Kier alpha value is -4.60. The number of alkyl halides is 3. The van der Waals surface area contributed by atoms with E-state index < -0.39 is 52.8 Å². The molecule has 3 aromatic carbocycles. The van der Waals surface area contributed by atoms with Gasteiger partial charge in [-0.1, -0.05) is 60.2 Å². The molecule has 0 bridgehead atoms. The minimum absolute atomic E-state index is 0.0355. The van der Waals surface area contributed by atoms with Crippen molar-refractivity contribution in [1.82, 2.24) is 19.6 Å². The molecule has 1 aliphatic rings. The van der Waals surface area contributed by atoms with Crippen LogP contribution in [0.5, 0.6) is 0 Å². The Labute approximate surface area is 274 Å². The number of piperidine rings is 1. The van der Waals surface area contributed by atoms with Gasteiger partial charge in [0.15, 0.2) is 10.9 Å². The van der Waals surface area contributed by atoms with Gasteiger partial charge in [-0.05, 0) is 67.4 Å². The Balaban J connectivity index is 1.57. The Morgan fingerprint density at radius 1 is 1.06 bits per heavy atom. The van der Waals surface area contributed by atoms with Crippen LogP contribution in [0.4, 0.5) is 19.0 Å². The molecule has 15 heteroatoms. The van der Waals surface area contributed by atoms with Gasteiger partial charge in [0.25, 0.3) is 11.8 Å². The standard InChI is InChI=1S/C32H31F3N6O4S2/c1-20-11-13-24(14-12-20)47(44,45)41-16-15-23(32(33,34)35)17-26(41)25-10-6-5-9-22(25)18-40(29-27(28(36)42)37-19-38-29)31(46)39-30(43)21-7-3-2-4-8-21/h2-14,19,23,26H,15-18H2,1H3,(H2,36,42)(H,37,38)(H,39,43,46). The second-order valence-electron chi connectivity index (χ2n) is 11.1. The molecule has 1 aliphatic heterocycles. The molecular formula is C32H31F3N6O4S2. The van der Waals surface area contributed by atoms with Crippen LogP contribution in [0.25, 0.3) is 0 Å². The third-order valence-corrected chi connectivity index (χ3v) is 10.3. The molecule has 2 heterocycles. The number of nitrogens with zero attached hydrogens (tertiary/aromatic N) is 3. The van der Waals surface area contributed by atoms with Crippen LogP contribution in [0.3, 0.4) is 0 Å². The molecule has 1 fully saturated rings. The normalized spacial score (nSPS) is 17.2. The van der Waals surface area contributed by atoms with Gasteiger partial charge in [-0.25, -0.2) is 13.4 Å². The third-order valence-electron chi connectivity index (χ3n) is 8.01. The number of aromatic amines is 1. The van der Waals surface area contributed by atoms with Crippen LogP contribution in [0.15, 0.2) is 90.1 Å². The number of halogens is 3. The van der Waals surface area contributed by atoms with E-state index in [0.29, 0.717) is 16.7 Å². The van der Waals surface area contributed by atoms with Gasteiger partial charge in [0, 0.05) is 12.1 Å². The van der Waals surface area contributed by atoms with E-state index in [1.54, 1.807) is 73.7 Å². The number of imidazole rings is 1. The van der Waals surface area contributed by atoms with Crippen molar-refractivity contribution >= 4 is 45.0 Å². The molecule has 5 rings (SSSR count). The van der Waals surface area contributed by atoms with Gasteiger partial charge in [-0.15, -0.1) is 0 Å². The second-order valence-corrected chi connectivity index (χ2v) is 13.4. The largest absolute Gasteiger partial charge is 0.391 e. The number of primary amides is 1. The maximum absolute atomic E-state index is 14.1. The first-order valence-electron chi connectivity index (χ1n) is 14.5. The number of thiocarbonyl (C=S) groups is 1. The fraction of sp³-hybridized carbons (Fsp3) is 0.250. The molecule has 1 aromatic heterocycles. The Kier molecular flexibility index (Phi) is 9.79. The van der Waals surface area contributed by atoms with Gasteiger partial charge >= 0.3 is 6.18 Å². The van der Waals surface area contributed by atoms with Crippen molar-refractivity contribution in [2.75, 3.05) is 11.4 Å². The summed E-state index contributed by atoms with van der Waals surface area (Å²) >= 11 is 5.60. The molecular weight excluding hydrogens is 654 g/mol. The summed E-state index contributed by atoms with van der Waals surface area (Å²) in [4.78, 5) is 33.4. The van der Waals surface area contributed by atoms with Crippen LogP contribution in [0.2, 0.25) is 0 Å². The highest BCUT2D eigenvalue weighted by Gasteiger charge is 2.48. The zero-order valence-corrected chi connectivity index (χ0v) is 26.7. The van der Waals surface area contributed by atoms with Crippen LogP contribution in [0.1, 0.15) is 56.4 Å². The lowest BCUT2D eigenvalue weighted by Gasteiger charge is -2.40. The number of H-pyrrole nitrogens is 1. The summed E-state index contributed by atoms with van der Waals surface area (Å²) in [6.45, 7) is 1.23. The SMILES string of the molecule is Cc1ccc(S(=O)(=O)N2CCC(C(F)(F)F)CC2c2ccccc2CN(C(=S)NC(=O)c2ccccc2)c2nc[nH]c2C(N)=O)cc1. The number of hydrogen-bond acceptors (Lipinski definition) is 6. The third kappa shape index (κ3) is 7.37. The molecule has 2 atom stereocenters. The number of hydrogen-bond donors (Lipinski definition) is 3. The second kappa shape index (κ2) is 13.6. The number of anilines is 1. The van der Waals surface area contributed by atoms with E-state index in [9.17, 15) is 31.2 Å². The number of rotatable bonds is 8. The lowest BCUT2D eigenvalue weighted by atomic mass is 9.86. The van der Waals surface area contributed by atoms with E-state index in [1.165, 1.54) is 23.4 Å². The number of sulfonamides is 1.